The predicted octanol–water partition coefficient (Wildman–Crippen LogP) is 3.33. The maximum Gasteiger partial charge on any atom is 0.125 e. The lowest BCUT2D eigenvalue weighted by Crippen LogP contribution is -2.21. The summed E-state index contributed by atoms with van der Waals surface area (Å²) in [6.07, 6.45) is 6.94. The van der Waals surface area contributed by atoms with Crippen LogP contribution in [0.3, 0.4) is 0 Å². The standard InChI is InChI=1S/C14H22N2/c1-10-15-9-12-7-11(8-14(2,3)4)5-6-13(12)16-10/h9,11H,5-8H2,1-4H3. The van der Waals surface area contributed by atoms with Gasteiger partial charge in [-0.05, 0) is 49.5 Å². The molecule has 0 aliphatic heterocycles. The van der Waals surface area contributed by atoms with Crippen LogP contribution in [0.2, 0.25) is 0 Å². The van der Waals surface area contributed by atoms with Crippen LogP contribution in [-0.2, 0) is 12.8 Å². The monoisotopic (exact) mass is 218 g/mol. The second-order valence-electron chi connectivity index (χ2n) is 6.26. The highest BCUT2D eigenvalue weighted by Crippen LogP contribution is 2.33. The van der Waals surface area contributed by atoms with Gasteiger partial charge in [-0.15, -0.1) is 0 Å². The Morgan fingerprint density at radius 1 is 1.38 bits per heavy atom. The summed E-state index contributed by atoms with van der Waals surface area (Å²) in [5.74, 6) is 1.73. The van der Waals surface area contributed by atoms with Gasteiger partial charge in [0.2, 0.25) is 0 Å². The maximum absolute atomic E-state index is 4.53. The Balaban J connectivity index is 2.09. The Morgan fingerprint density at radius 3 is 2.81 bits per heavy atom. The lowest BCUT2D eigenvalue weighted by Gasteiger charge is -2.29. The molecule has 0 saturated carbocycles. The summed E-state index contributed by atoms with van der Waals surface area (Å²) in [6.45, 7) is 8.96. The first-order valence-corrected chi connectivity index (χ1v) is 6.25. The highest BCUT2D eigenvalue weighted by molar-refractivity contribution is 5.21. The number of hydrogen-bond donors (Lipinski definition) is 0. The third kappa shape index (κ3) is 2.81. The second-order valence-corrected chi connectivity index (χ2v) is 6.26. The van der Waals surface area contributed by atoms with Crippen molar-refractivity contribution in [2.45, 2.75) is 53.4 Å². The number of nitrogens with zero attached hydrogens (tertiary/aromatic N) is 2. The van der Waals surface area contributed by atoms with Crippen LogP contribution in [0, 0.1) is 18.3 Å². The summed E-state index contributed by atoms with van der Waals surface area (Å²) in [6, 6.07) is 0. The molecule has 1 atom stereocenters. The first-order chi connectivity index (χ1) is 7.44. The van der Waals surface area contributed by atoms with Gasteiger partial charge in [-0.1, -0.05) is 20.8 Å². The number of aryl methyl sites for hydroxylation is 2. The molecule has 2 rings (SSSR count). The zero-order valence-electron chi connectivity index (χ0n) is 10.9. The fourth-order valence-electron chi connectivity index (χ4n) is 2.72. The van der Waals surface area contributed by atoms with Crippen molar-refractivity contribution in [2.24, 2.45) is 11.3 Å². The summed E-state index contributed by atoms with van der Waals surface area (Å²) >= 11 is 0. The molecule has 1 aromatic rings. The van der Waals surface area contributed by atoms with Gasteiger partial charge in [0.05, 0.1) is 0 Å². The molecular weight excluding hydrogens is 196 g/mol. The van der Waals surface area contributed by atoms with Crippen LogP contribution < -0.4 is 0 Å². The molecule has 0 amide bonds. The van der Waals surface area contributed by atoms with Crippen molar-refractivity contribution >= 4 is 0 Å². The maximum atomic E-state index is 4.53. The molecule has 1 aliphatic rings. The lowest BCUT2D eigenvalue weighted by atomic mass is 9.77. The highest BCUT2D eigenvalue weighted by atomic mass is 14.9. The molecule has 16 heavy (non-hydrogen) atoms. The van der Waals surface area contributed by atoms with E-state index in [2.05, 4.69) is 30.7 Å². The topological polar surface area (TPSA) is 25.8 Å². The van der Waals surface area contributed by atoms with E-state index in [1.807, 2.05) is 13.1 Å². The predicted molar refractivity (Wildman–Crippen MR) is 66.4 cm³/mol. The van der Waals surface area contributed by atoms with Crippen LogP contribution in [0.1, 0.15) is 50.7 Å². The van der Waals surface area contributed by atoms with Crippen molar-refractivity contribution in [2.75, 3.05) is 0 Å². The Bertz CT molecular complexity index is 377. The van der Waals surface area contributed by atoms with Crippen LogP contribution in [0.5, 0.6) is 0 Å². The van der Waals surface area contributed by atoms with E-state index in [9.17, 15) is 0 Å². The van der Waals surface area contributed by atoms with Crippen molar-refractivity contribution in [1.29, 1.82) is 0 Å². The highest BCUT2D eigenvalue weighted by Gasteiger charge is 2.24. The summed E-state index contributed by atoms with van der Waals surface area (Å²) in [7, 11) is 0. The molecule has 1 heterocycles. The third-order valence-electron chi connectivity index (χ3n) is 3.27. The lowest BCUT2D eigenvalue weighted by molar-refractivity contribution is 0.272. The van der Waals surface area contributed by atoms with E-state index < -0.39 is 0 Å². The average molecular weight is 218 g/mol. The summed E-state index contributed by atoms with van der Waals surface area (Å²) in [4.78, 5) is 8.85. The molecule has 0 N–H and O–H groups in total. The number of aromatic nitrogens is 2. The smallest absolute Gasteiger partial charge is 0.125 e. The zero-order valence-corrected chi connectivity index (χ0v) is 10.9. The van der Waals surface area contributed by atoms with Gasteiger partial charge in [0.25, 0.3) is 0 Å². The van der Waals surface area contributed by atoms with Crippen molar-refractivity contribution in [3.63, 3.8) is 0 Å². The van der Waals surface area contributed by atoms with E-state index in [0.717, 1.165) is 18.2 Å². The molecule has 0 saturated heterocycles. The molecule has 1 aromatic heterocycles. The number of fused-ring (bicyclic) bond motifs is 1. The summed E-state index contributed by atoms with van der Waals surface area (Å²) < 4.78 is 0. The van der Waals surface area contributed by atoms with Gasteiger partial charge in [-0.25, -0.2) is 9.97 Å². The van der Waals surface area contributed by atoms with E-state index in [1.54, 1.807) is 0 Å². The molecule has 0 spiro atoms. The van der Waals surface area contributed by atoms with Crippen LogP contribution in [0.4, 0.5) is 0 Å². The molecule has 0 fully saturated rings. The van der Waals surface area contributed by atoms with Crippen LogP contribution in [-0.4, -0.2) is 9.97 Å². The van der Waals surface area contributed by atoms with Gasteiger partial charge in [0.1, 0.15) is 5.82 Å². The van der Waals surface area contributed by atoms with E-state index in [1.165, 1.54) is 30.5 Å². The van der Waals surface area contributed by atoms with E-state index in [4.69, 9.17) is 0 Å². The third-order valence-corrected chi connectivity index (χ3v) is 3.27. The molecule has 2 heteroatoms. The minimum Gasteiger partial charge on any atom is -0.241 e. The summed E-state index contributed by atoms with van der Waals surface area (Å²) in [5, 5.41) is 0. The molecule has 0 aromatic carbocycles. The van der Waals surface area contributed by atoms with Gasteiger partial charge in [0, 0.05) is 11.9 Å². The molecule has 0 radical (unpaired) electrons. The van der Waals surface area contributed by atoms with Crippen LogP contribution >= 0.6 is 0 Å². The van der Waals surface area contributed by atoms with Gasteiger partial charge in [-0.3, -0.25) is 0 Å². The van der Waals surface area contributed by atoms with Gasteiger partial charge < -0.3 is 0 Å². The van der Waals surface area contributed by atoms with E-state index >= 15 is 0 Å². The Labute approximate surface area is 98.5 Å². The molecule has 88 valence electrons. The first kappa shape index (κ1) is 11.6. The number of rotatable bonds is 1. The molecule has 1 unspecified atom stereocenters. The largest absolute Gasteiger partial charge is 0.241 e. The Morgan fingerprint density at radius 2 is 2.12 bits per heavy atom. The first-order valence-electron chi connectivity index (χ1n) is 6.25. The van der Waals surface area contributed by atoms with Gasteiger partial charge >= 0.3 is 0 Å². The quantitative estimate of drug-likeness (QED) is 0.722. The molecular formula is C14H22N2. The van der Waals surface area contributed by atoms with Crippen molar-refractivity contribution in [1.82, 2.24) is 9.97 Å². The summed E-state index contributed by atoms with van der Waals surface area (Å²) in [5.41, 5.74) is 3.11. The number of hydrogen-bond acceptors (Lipinski definition) is 2. The zero-order chi connectivity index (χ0) is 11.8. The van der Waals surface area contributed by atoms with Crippen molar-refractivity contribution in [3.05, 3.63) is 23.3 Å². The van der Waals surface area contributed by atoms with E-state index in [-0.39, 0.29) is 0 Å². The van der Waals surface area contributed by atoms with Crippen molar-refractivity contribution in [3.8, 4) is 0 Å². The Hall–Kier alpha value is -0.920. The average Bonchev–Trinajstić information content (AvgIpc) is 2.16. The Kier molecular flexibility index (Phi) is 3.00. The van der Waals surface area contributed by atoms with Gasteiger partial charge in [-0.2, -0.15) is 0 Å². The van der Waals surface area contributed by atoms with Crippen molar-refractivity contribution < 1.29 is 0 Å². The normalized spacial score (nSPS) is 20.6. The second kappa shape index (κ2) is 4.15. The SMILES string of the molecule is Cc1ncc2c(n1)CCC(CC(C)(C)C)C2. The minimum absolute atomic E-state index is 0.438. The fourth-order valence-corrected chi connectivity index (χ4v) is 2.72. The minimum atomic E-state index is 0.438. The molecule has 1 aliphatic carbocycles. The van der Waals surface area contributed by atoms with Crippen LogP contribution in [0.15, 0.2) is 6.20 Å². The fraction of sp³-hybridized carbons (Fsp3) is 0.714. The molecule has 2 nitrogen and oxygen atoms in total. The van der Waals surface area contributed by atoms with E-state index in [0.29, 0.717) is 5.41 Å². The van der Waals surface area contributed by atoms with Crippen LogP contribution in [0.25, 0.3) is 0 Å². The molecule has 0 bridgehead atoms. The van der Waals surface area contributed by atoms with Gasteiger partial charge in [0.15, 0.2) is 0 Å².